The van der Waals surface area contributed by atoms with Crippen LogP contribution in [0.1, 0.15) is 51.0 Å². The minimum Gasteiger partial charge on any atom is -0.495 e. The first-order chi connectivity index (χ1) is 14.5. The molecule has 0 spiro atoms. The number of anilines is 1. The van der Waals surface area contributed by atoms with Crippen LogP contribution in [0.15, 0.2) is 23.3 Å². The molecule has 3 atom stereocenters. The molecule has 0 bridgehead atoms. The lowest BCUT2D eigenvalue weighted by Crippen LogP contribution is -2.69. The van der Waals surface area contributed by atoms with Crippen molar-refractivity contribution < 1.29 is 14.3 Å². The van der Waals surface area contributed by atoms with Gasteiger partial charge < -0.3 is 19.9 Å². The van der Waals surface area contributed by atoms with E-state index in [0.717, 1.165) is 49.9 Å². The van der Waals surface area contributed by atoms with Crippen LogP contribution in [0.5, 0.6) is 5.75 Å². The Morgan fingerprint density at radius 3 is 2.80 bits per heavy atom. The van der Waals surface area contributed by atoms with Crippen LogP contribution in [0.4, 0.5) is 5.69 Å². The van der Waals surface area contributed by atoms with E-state index in [9.17, 15) is 9.59 Å². The lowest BCUT2D eigenvalue weighted by molar-refractivity contribution is -0.151. The van der Waals surface area contributed by atoms with E-state index in [1.807, 2.05) is 25.1 Å². The van der Waals surface area contributed by atoms with Gasteiger partial charge in [0, 0.05) is 6.42 Å². The lowest BCUT2D eigenvalue weighted by Gasteiger charge is -2.51. The zero-order chi connectivity index (χ0) is 21.3. The Kier molecular flexibility index (Phi) is 5.83. The molecule has 8 nitrogen and oxygen atoms in total. The average molecular weight is 414 g/mol. The van der Waals surface area contributed by atoms with E-state index in [0.29, 0.717) is 11.4 Å². The normalized spacial score (nSPS) is 25.2. The Bertz CT molecular complexity index is 855. The molecule has 162 valence electrons. The summed E-state index contributed by atoms with van der Waals surface area (Å²) in [6, 6.07) is 5.89. The molecule has 1 aromatic rings. The highest BCUT2D eigenvalue weighted by Gasteiger charge is 2.50. The number of rotatable bonds is 6. The minimum atomic E-state index is -0.493. The second kappa shape index (κ2) is 8.53. The van der Waals surface area contributed by atoms with E-state index in [-0.39, 0.29) is 30.4 Å². The highest BCUT2D eigenvalue weighted by molar-refractivity contribution is 5.98. The summed E-state index contributed by atoms with van der Waals surface area (Å²) in [4.78, 5) is 30.2. The van der Waals surface area contributed by atoms with Crippen LogP contribution in [0.2, 0.25) is 0 Å². The molecule has 2 N–H and O–H groups in total. The second-order valence-electron chi connectivity index (χ2n) is 8.35. The molecule has 0 aromatic heterocycles. The van der Waals surface area contributed by atoms with Crippen molar-refractivity contribution in [2.45, 2.75) is 70.6 Å². The van der Waals surface area contributed by atoms with E-state index >= 15 is 0 Å². The molecule has 30 heavy (non-hydrogen) atoms. The SMILES string of the molecule is CCCC1=NNC2C(=O)N(CC(=O)Nc3cc(C)ccc3OC)C3CCCCC3N12. The Morgan fingerprint density at radius 2 is 2.07 bits per heavy atom. The summed E-state index contributed by atoms with van der Waals surface area (Å²) in [6.07, 6.45) is 5.49. The van der Waals surface area contributed by atoms with Crippen LogP contribution in [-0.2, 0) is 9.59 Å². The van der Waals surface area contributed by atoms with E-state index in [1.54, 1.807) is 12.0 Å². The molecule has 8 heteroatoms. The predicted octanol–water partition coefficient (Wildman–Crippen LogP) is 2.44. The molecule has 3 unspecified atom stereocenters. The summed E-state index contributed by atoms with van der Waals surface area (Å²) < 4.78 is 5.36. The topological polar surface area (TPSA) is 86.3 Å². The number of methoxy groups -OCH3 is 1. The standard InChI is InChI=1S/C22H31N5O3/c1-4-7-19-24-25-21-22(29)26(16-8-5-6-9-17(16)27(19)21)13-20(28)23-15-12-14(2)10-11-18(15)30-3/h10-12,16-17,21,25H,4-9,13H2,1-3H3,(H,23,28). The number of amides is 2. The number of aryl methyl sites for hydroxylation is 1. The molecule has 2 aliphatic heterocycles. The van der Waals surface area contributed by atoms with Gasteiger partial charge in [-0.25, -0.2) is 0 Å². The number of fused-ring (bicyclic) bond motifs is 3. The van der Waals surface area contributed by atoms with Crippen molar-refractivity contribution in [1.82, 2.24) is 15.2 Å². The van der Waals surface area contributed by atoms with Crippen LogP contribution in [0.3, 0.4) is 0 Å². The van der Waals surface area contributed by atoms with Gasteiger partial charge in [-0.05, 0) is 43.9 Å². The molecule has 2 fully saturated rings. The maximum atomic E-state index is 13.3. The number of ether oxygens (including phenoxy) is 1. The highest BCUT2D eigenvalue weighted by Crippen LogP contribution is 2.35. The van der Waals surface area contributed by atoms with Gasteiger partial charge in [-0.1, -0.05) is 25.8 Å². The Labute approximate surface area is 177 Å². The number of nitrogens with zero attached hydrogens (tertiary/aromatic N) is 3. The van der Waals surface area contributed by atoms with Crippen LogP contribution in [-0.4, -0.2) is 59.4 Å². The molecule has 2 amide bonds. The zero-order valence-electron chi connectivity index (χ0n) is 18.0. The summed E-state index contributed by atoms with van der Waals surface area (Å²) in [7, 11) is 1.58. The van der Waals surface area contributed by atoms with E-state index in [4.69, 9.17) is 4.74 Å². The van der Waals surface area contributed by atoms with Crippen LogP contribution >= 0.6 is 0 Å². The third kappa shape index (κ3) is 3.70. The number of amidine groups is 1. The fraction of sp³-hybridized carbons (Fsp3) is 0.591. The van der Waals surface area contributed by atoms with Gasteiger partial charge in [0.05, 0.1) is 24.9 Å². The maximum Gasteiger partial charge on any atom is 0.268 e. The number of hydrogen-bond donors (Lipinski definition) is 2. The van der Waals surface area contributed by atoms with Crippen molar-refractivity contribution in [3.05, 3.63) is 23.8 Å². The lowest BCUT2D eigenvalue weighted by atomic mass is 9.85. The molecule has 1 saturated heterocycles. The predicted molar refractivity (Wildman–Crippen MR) is 115 cm³/mol. The minimum absolute atomic E-state index is 0.0340. The molecule has 0 radical (unpaired) electrons. The quantitative estimate of drug-likeness (QED) is 0.748. The summed E-state index contributed by atoms with van der Waals surface area (Å²) in [5.41, 5.74) is 4.68. The Balaban J connectivity index is 1.52. The van der Waals surface area contributed by atoms with Crippen molar-refractivity contribution >= 4 is 23.3 Å². The van der Waals surface area contributed by atoms with Crippen molar-refractivity contribution in [1.29, 1.82) is 0 Å². The third-order valence-corrected chi connectivity index (χ3v) is 6.28. The van der Waals surface area contributed by atoms with Gasteiger partial charge in [0.25, 0.3) is 5.91 Å². The fourth-order valence-electron chi connectivity index (χ4n) is 4.93. The number of hydrogen-bond acceptors (Lipinski definition) is 6. The van der Waals surface area contributed by atoms with Gasteiger partial charge in [0.15, 0.2) is 6.17 Å². The van der Waals surface area contributed by atoms with E-state index in [1.165, 1.54) is 0 Å². The van der Waals surface area contributed by atoms with Gasteiger partial charge >= 0.3 is 0 Å². The number of piperazine rings is 1. The van der Waals surface area contributed by atoms with Gasteiger partial charge in [0.2, 0.25) is 5.91 Å². The van der Waals surface area contributed by atoms with Crippen LogP contribution in [0, 0.1) is 6.92 Å². The first kappa shape index (κ1) is 20.5. The number of carbonyl (C=O) groups excluding carboxylic acids is 2. The first-order valence-corrected chi connectivity index (χ1v) is 10.9. The highest BCUT2D eigenvalue weighted by atomic mass is 16.5. The monoisotopic (exact) mass is 413 g/mol. The molecule has 1 aromatic carbocycles. The summed E-state index contributed by atoms with van der Waals surface area (Å²) >= 11 is 0. The number of carbonyl (C=O) groups is 2. The fourth-order valence-corrected chi connectivity index (χ4v) is 4.93. The van der Waals surface area contributed by atoms with E-state index in [2.05, 4.69) is 27.7 Å². The average Bonchev–Trinajstić information content (AvgIpc) is 3.16. The Hall–Kier alpha value is -2.77. The number of nitrogens with one attached hydrogen (secondary N) is 2. The van der Waals surface area contributed by atoms with Crippen molar-refractivity contribution in [2.24, 2.45) is 5.10 Å². The van der Waals surface area contributed by atoms with Gasteiger partial charge in [-0.3, -0.25) is 15.0 Å². The number of benzene rings is 1. The summed E-state index contributed by atoms with van der Waals surface area (Å²) in [5.74, 6) is 1.30. The van der Waals surface area contributed by atoms with Crippen molar-refractivity contribution in [2.75, 3.05) is 19.0 Å². The van der Waals surface area contributed by atoms with Crippen molar-refractivity contribution in [3.63, 3.8) is 0 Å². The Morgan fingerprint density at radius 1 is 1.30 bits per heavy atom. The molecule has 4 rings (SSSR count). The molecular weight excluding hydrogens is 382 g/mol. The van der Waals surface area contributed by atoms with Gasteiger partial charge in [-0.2, -0.15) is 5.10 Å². The molecule has 3 aliphatic rings. The van der Waals surface area contributed by atoms with Crippen molar-refractivity contribution in [3.8, 4) is 5.75 Å². The van der Waals surface area contributed by atoms with Gasteiger partial charge in [-0.15, -0.1) is 0 Å². The summed E-state index contributed by atoms with van der Waals surface area (Å²) in [6.45, 7) is 4.12. The first-order valence-electron chi connectivity index (χ1n) is 10.9. The molecule has 1 saturated carbocycles. The number of hydrazone groups is 1. The van der Waals surface area contributed by atoms with Crippen LogP contribution < -0.4 is 15.5 Å². The zero-order valence-corrected chi connectivity index (χ0v) is 18.0. The smallest absolute Gasteiger partial charge is 0.268 e. The maximum absolute atomic E-state index is 13.3. The largest absolute Gasteiger partial charge is 0.495 e. The second-order valence-corrected chi connectivity index (χ2v) is 8.35. The van der Waals surface area contributed by atoms with Gasteiger partial charge in [0.1, 0.15) is 18.1 Å². The van der Waals surface area contributed by atoms with E-state index < -0.39 is 6.17 Å². The van der Waals surface area contributed by atoms with Crippen LogP contribution in [0.25, 0.3) is 0 Å². The molecule has 2 heterocycles. The molecular formula is C22H31N5O3. The third-order valence-electron chi connectivity index (χ3n) is 6.28. The molecule has 1 aliphatic carbocycles. The summed E-state index contributed by atoms with van der Waals surface area (Å²) in [5, 5.41) is 7.39.